The van der Waals surface area contributed by atoms with Crippen LogP contribution in [0, 0.1) is 0 Å². The summed E-state index contributed by atoms with van der Waals surface area (Å²) < 4.78 is 11.2. The molecule has 0 saturated heterocycles. The van der Waals surface area contributed by atoms with E-state index in [9.17, 15) is 4.79 Å². The van der Waals surface area contributed by atoms with Crippen molar-refractivity contribution in [3.8, 4) is 0 Å². The number of halogens is 1. The normalized spacial score (nSPS) is 15.3. The van der Waals surface area contributed by atoms with E-state index in [1.807, 2.05) is 12.1 Å². The number of ether oxygens (including phenoxy) is 1. The molecule has 0 fully saturated rings. The summed E-state index contributed by atoms with van der Waals surface area (Å²) >= 11 is 6.07. The highest BCUT2D eigenvalue weighted by molar-refractivity contribution is 6.74. The van der Waals surface area contributed by atoms with Gasteiger partial charge in [0.25, 0.3) is 0 Å². The Morgan fingerprint density at radius 1 is 1.32 bits per heavy atom. The van der Waals surface area contributed by atoms with Crippen molar-refractivity contribution in [1.29, 1.82) is 0 Å². The first-order valence-corrected chi connectivity index (χ1v) is 10.5. The average molecular weight is 344 g/mol. The monoisotopic (exact) mass is 343 g/mol. The van der Waals surface area contributed by atoms with Crippen LogP contribution in [0.4, 0.5) is 0 Å². The standard InChI is InChI=1S/C16H26ClNO3Si/c1-16(2,3)22(5,6)21-14(13(18)15(19)20-4)11-8-7-9-12(17)10-11/h7-10,13-14H,18H2,1-6H3/t13-,14-/m1/s1. The largest absolute Gasteiger partial charge is 0.468 e. The van der Waals surface area contributed by atoms with Crippen LogP contribution in [0.3, 0.4) is 0 Å². The molecule has 0 bridgehead atoms. The van der Waals surface area contributed by atoms with Gasteiger partial charge in [-0.25, -0.2) is 0 Å². The SMILES string of the molecule is COC(=O)[C@H](N)[C@H](O[Si](C)(C)C(C)(C)C)c1cccc(Cl)c1. The number of rotatable bonds is 5. The van der Waals surface area contributed by atoms with Gasteiger partial charge in [0.2, 0.25) is 0 Å². The Kier molecular flexibility index (Phi) is 6.21. The summed E-state index contributed by atoms with van der Waals surface area (Å²) in [6, 6.07) is 6.36. The van der Waals surface area contributed by atoms with E-state index >= 15 is 0 Å². The summed E-state index contributed by atoms with van der Waals surface area (Å²) in [5, 5.41) is 0.582. The predicted molar refractivity (Wildman–Crippen MR) is 92.5 cm³/mol. The zero-order valence-electron chi connectivity index (χ0n) is 14.1. The highest BCUT2D eigenvalue weighted by Gasteiger charge is 2.42. The topological polar surface area (TPSA) is 61.5 Å². The van der Waals surface area contributed by atoms with Crippen molar-refractivity contribution in [2.45, 2.75) is 51.0 Å². The molecule has 22 heavy (non-hydrogen) atoms. The van der Waals surface area contributed by atoms with Gasteiger partial charge in [0.1, 0.15) is 6.04 Å². The molecule has 0 aliphatic heterocycles. The molecule has 0 aromatic heterocycles. The van der Waals surface area contributed by atoms with Crippen molar-refractivity contribution in [3.63, 3.8) is 0 Å². The number of esters is 1. The van der Waals surface area contributed by atoms with Gasteiger partial charge >= 0.3 is 5.97 Å². The van der Waals surface area contributed by atoms with Crippen molar-refractivity contribution in [2.24, 2.45) is 5.73 Å². The smallest absolute Gasteiger partial charge is 0.325 e. The second-order valence-corrected chi connectivity index (χ2v) is 12.1. The molecule has 0 heterocycles. The molecule has 2 N–H and O–H groups in total. The quantitative estimate of drug-likeness (QED) is 0.650. The molecule has 0 unspecified atom stereocenters. The lowest BCUT2D eigenvalue weighted by Crippen LogP contribution is -2.48. The van der Waals surface area contributed by atoms with Crippen LogP contribution in [0.2, 0.25) is 23.2 Å². The van der Waals surface area contributed by atoms with E-state index in [0.29, 0.717) is 5.02 Å². The van der Waals surface area contributed by atoms with Crippen LogP contribution in [0.25, 0.3) is 0 Å². The molecule has 0 amide bonds. The summed E-state index contributed by atoms with van der Waals surface area (Å²) in [5.41, 5.74) is 6.87. The summed E-state index contributed by atoms with van der Waals surface area (Å²) in [6.07, 6.45) is -0.577. The van der Waals surface area contributed by atoms with Crippen LogP contribution >= 0.6 is 11.6 Å². The van der Waals surface area contributed by atoms with Crippen molar-refractivity contribution in [2.75, 3.05) is 7.11 Å². The van der Waals surface area contributed by atoms with E-state index in [1.165, 1.54) is 7.11 Å². The lowest BCUT2D eigenvalue weighted by molar-refractivity contribution is -0.144. The van der Waals surface area contributed by atoms with Gasteiger partial charge in [-0.3, -0.25) is 4.79 Å². The Bertz CT molecular complexity index is 528. The van der Waals surface area contributed by atoms with E-state index < -0.39 is 26.4 Å². The zero-order valence-corrected chi connectivity index (χ0v) is 15.9. The summed E-state index contributed by atoms with van der Waals surface area (Å²) in [5.74, 6) is -0.497. The van der Waals surface area contributed by atoms with Gasteiger partial charge in [-0.1, -0.05) is 44.5 Å². The third kappa shape index (κ3) is 4.55. The Balaban J connectivity index is 3.21. The number of hydrogen-bond acceptors (Lipinski definition) is 4. The number of hydrogen-bond donors (Lipinski definition) is 1. The molecule has 6 heteroatoms. The van der Waals surface area contributed by atoms with E-state index in [-0.39, 0.29) is 5.04 Å². The molecule has 0 saturated carbocycles. The first kappa shape index (κ1) is 19.2. The molecule has 2 atom stereocenters. The minimum atomic E-state index is -2.12. The fraction of sp³-hybridized carbons (Fsp3) is 0.562. The third-order valence-electron chi connectivity index (χ3n) is 4.20. The number of nitrogens with two attached hydrogens (primary N) is 1. The van der Waals surface area contributed by atoms with Crippen LogP contribution in [-0.2, 0) is 14.0 Å². The van der Waals surface area contributed by atoms with E-state index in [4.69, 9.17) is 26.5 Å². The second kappa shape index (κ2) is 7.13. The average Bonchev–Trinajstić information content (AvgIpc) is 2.42. The first-order valence-electron chi connectivity index (χ1n) is 7.26. The Morgan fingerprint density at radius 2 is 1.91 bits per heavy atom. The summed E-state index contributed by atoms with van der Waals surface area (Å²) in [6.45, 7) is 10.6. The van der Waals surface area contributed by atoms with E-state index in [2.05, 4.69) is 33.9 Å². The lowest BCUT2D eigenvalue weighted by Gasteiger charge is -2.40. The second-order valence-electron chi connectivity index (χ2n) is 6.90. The number of carbonyl (C=O) groups is 1. The fourth-order valence-corrected chi connectivity index (χ4v) is 3.26. The first-order chi connectivity index (χ1) is 9.99. The maximum Gasteiger partial charge on any atom is 0.325 e. The van der Waals surface area contributed by atoms with Crippen molar-refractivity contribution in [1.82, 2.24) is 0 Å². The number of carbonyl (C=O) groups excluding carboxylic acids is 1. The Morgan fingerprint density at radius 3 is 2.36 bits per heavy atom. The molecule has 0 radical (unpaired) electrons. The molecule has 1 aromatic carbocycles. The number of methoxy groups -OCH3 is 1. The third-order valence-corrected chi connectivity index (χ3v) is 8.90. The molecule has 4 nitrogen and oxygen atoms in total. The van der Waals surface area contributed by atoms with Crippen LogP contribution < -0.4 is 5.73 Å². The molecule has 0 spiro atoms. The predicted octanol–water partition coefficient (Wildman–Crippen LogP) is 3.90. The van der Waals surface area contributed by atoms with Gasteiger partial charge in [0.15, 0.2) is 8.32 Å². The minimum Gasteiger partial charge on any atom is -0.468 e. The number of benzene rings is 1. The fourth-order valence-electron chi connectivity index (χ4n) is 1.79. The zero-order chi connectivity index (χ0) is 17.1. The van der Waals surface area contributed by atoms with Gasteiger partial charge in [0, 0.05) is 5.02 Å². The van der Waals surface area contributed by atoms with Crippen molar-refractivity contribution in [3.05, 3.63) is 34.9 Å². The van der Waals surface area contributed by atoms with E-state index in [0.717, 1.165) is 5.56 Å². The molecule has 0 aliphatic carbocycles. The van der Waals surface area contributed by atoms with E-state index in [1.54, 1.807) is 12.1 Å². The summed E-state index contributed by atoms with van der Waals surface area (Å²) in [7, 11) is -0.797. The maximum absolute atomic E-state index is 11.9. The van der Waals surface area contributed by atoms with Crippen LogP contribution in [0.1, 0.15) is 32.4 Å². The van der Waals surface area contributed by atoms with Gasteiger partial charge in [-0.2, -0.15) is 0 Å². The maximum atomic E-state index is 11.9. The van der Waals surface area contributed by atoms with Crippen molar-refractivity contribution >= 4 is 25.9 Å². The minimum absolute atomic E-state index is 0.000333. The van der Waals surface area contributed by atoms with Crippen LogP contribution in [-0.4, -0.2) is 27.4 Å². The Labute approximate surface area is 139 Å². The van der Waals surface area contributed by atoms with Gasteiger partial charge in [-0.05, 0) is 35.8 Å². The molecule has 1 rings (SSSR count). The van der Waals surface area contributed by atoms with Crippen LogP contribution in [0.15, 0.2) is 24.3 Å². The van der Waals surface area contributed by atoms with Gasteiger partial charge in [0.05, 0.1) is 13.2 Å². The highest BCUT2D eigenvalue weighted by Crippen LogP contribution is 2.40. The molecular formula is C16H26ClNO3Si. The molecule has 124 valence electrons. The highest BCUT2D eigenvalue weighted by atomic mass is 35.5. The summed E-state index contributed by atoms with van der Waals surface area (Å²) in [4.78, 5) is 11.9. The van der Waals surface area contributed by atoms with Crippen LogP contribution in [0.5, 0.6) is 0 Å². The Hall–Kier alpha value is -0.883. The molecular weight excluding hydrogens is 318 g/mol. The van der Waals surface area contributed by atoms with Crippen molar-refractivity contribution < 1.29 is 14.0 Å². The molecule has 0 aliphatic rings. The lowest BCUT2D eigenvalue weighted by atomic mass is 10.0. The van der Waals surface area contributed by atoms with Gasteiger partial charge < -0.3 is 14.9 Å². The van der Waals surface area contributed by atoms with Gasteiger partial charge in [-0.15, -0.1) is 0 Å². The molecule has 1 aromatic rings.